The third-order valence-corrected chi connectivity index (χ3v) is 4.23. The number of H-pyrrole nitrogens is 1. The summed E-state index contributed by atoms with van der Waals surface area (Å²) in [5.74, 6) is 2.16. The highest BCUT2D eigenvalue weighted by molar-refractivity contribution is 7.99. The maximum absolute atomic E-state index is 12.0. The van der Waals surface area contributed by atoms with Crippen molar-refractivity contribution in [2.75, 3.05) is 30.4 Å². The molecular weight excluding hydrogens is 260 g/mol. The van der Waals surface area contributed by atoms with Crippen LogP contribution in [0.1, 0.15) is 25.2 Å². The van der Waals surface area contributed by atoms with Gasteiger partial charge in [-0.25, -0.2) is 0 Å². The standard InChI is InChI=1S/C13H24N4OS/c1-6-19-8-9(2)17(5)7-12(18)14-13-10(3)15-16-11(13)4/h9H,6-8H2,1-5H3,(H,14,18)(H,15,16). The Bertz CT molecular complexity index is 399. The van der Waals surface area contributed by atoms with Gasteiger partial charge in [0, 0.05) is 11.8 Å². The fourth-order valence-corrected chi connectivity index (χ4v) is 2.54. The zero-order chi connectivity index (χ0) is 14.4. The molecule has 0 spiro atoms. The van der Waals surface area contributed by atoms with E-state index in [1.54, 1.807) is 0 Å². The van der Waals surface area contributed by atoms with Crippen LogP contribution in [0, 0.1) is 13.8 Å². The van der Waals surface area contributed by atoms with Crippen molar-refractivity contribution in [1.82, 2.24) is 15.1 Å². The molecule has 2 N–H and O–H groups in total. The number of amides is 1. The molecule has 1 unspecified atom stereocenters. The van der Waals surface area contributed by atoms with Crippen molar-refractivity contribution >= 4 is 23.4 Å². The van der Waals surface area contributed by atoms with Crippen LogP contribution in [0.3, 0.4) is 0 Å². The highest BCUT2D eigenvalue weighted by Gasteiger charge is 2.15. The number of hydrogen-bond donors (Lipinski definition) is 2. The number of aromatic nitrogens is 2. The van der Waals surface area contributed by atoms with E-state index in [-0.39, 0.29) is 5.91 Å². The third-order valence-electron chi connectivity index (χ3n) is 3.10. The van der Waals surface area contributed by atoms with E-state index >= 15 is 0 Å². The lowest BCUT2D eigenvalue weighted by molar-refractivity contribution is -0.117. The van der Waals surface area contributed by atoms with Crippen LogP contribution in [0.4, 0.5) is 5.69 Å². The zero-order valence-corrected chi connectivity index (χ0v) is 13.2. The Balaban J connectivity index is 2.47. The summed E-state index contributed by atoms with van der Waals surface area (Å²) < 4.78 is 0. The molecule has 0 aliphatic rings. The SMILES string of the molecule is CCSCC(C)N(C)CC(=O)Nc1c(C)n[nH]c1C. The first-order valence-corrected chi connectivity index (χ1v) is 7.70. The molecule has 1 rings (SSSR count). The molecule has 6 heteroatoms. The van der Waals surface area contributed by atoms with Crippen LogP contribution in [-0.4, -0.2) is 52.1 Å². The van der Waals surface area contributed by atoms with Crippen molar-refractivity contribution in [3.63, 3.8) is 0 Å². The average Bonchev–Trinajstić information content (AvgIpc) is 2.67. The van der Waals surface area contributed by atoms with E-state index in [1.807, 2.05) is 32.7 Å². The number of anilines is 1. The summed E-state index contributed by atoms with van der Waals surface area (Å²) in [5.41, 5.74) is 2.51. The third kappa shape index (κ3) is 4.87. The maximum Gasteiger partial charge on any atom is 0.238 e. The highest BCUT2D eigenvalue weighted by Crippen LogP contribution is 2.16. The number of hydrogen-bond acceptors (Lipinski definition) is 4. The lowest BCUT2D eigenvalue weighted by Crippen LogP contribution is -2.37. The van der Waals surface area contributed by atoms with Gasteiger partial charge < -0.3 is 5.32 Å². The van der Waals surface area contributed by atoms with Crippen molar-refractivity contribution in [3.05, 3.63) is 11.4 Å². The van der Waals surface area contributed by atoms with Gasteiger partial charge in [0.1, 0.15) is 0 Å². The van der Waals surface area contributed by atoms with Crippen LogP contribution in [-0.2, 0) is 4.79 Å². The van der Waals surface area contributed by atoms with E-state index < -0.39 is 0 Å². The van der Waals surface area contributed by atoms with Gasteiger partial charge in [0.25, 0.3) is 0 Å². The summed E-state index contributed by atoms with van der Waals surface area (Å²) in [6, 6.07) is 0.391. The van der Waals surface area contributed by atoms with Gasteiger partial charge in [-0.15, -0.1) is 0 Å². The van der Waals surface area contributed by atoms with Gasteiger partial charge in [0.05, 0.1) is 23.6 Å². The first kappa shape index (κ1) is 16.0. The van der Waals surface area contributed by atoms with Gasteiger partial charge >= 0.3 is 0 Å². The second-order valence-electron chi connectivity index (χ2n) is 4.78. The molecule has 5 nitrogen and oxygen atoms in total. The van der Waals surface area contributed by atoms with Gasteiger partial charge in [-0.05, 0) is 33.6 Å². The number of carbonyl (C=O) groups is 1. The Kier molecular flexibility index (Phi) is 6.37. The molecule has 0 aliphatic heterocycles. The first-order chi connectivity index (χ1) is 8.95. The molecule has 0 aromatic carbocycles. The molecule has 0 bridgehead atoms. The normalized spacial score (nSPS) is 12.7. The van der Waals surface area contributed by atoms with E-state index in [9.17, 15) is 4.79 Å². The summed E-state index contributed by atoms with van der Waals surface area (Å²) in [7, 11) is 1.98. The number of aromatic amines is 1. The van der Waals surface area contributed by atoms with Crippen molar-refractivity contribution < 1.29 is 4.79 Å². The minimum absolute atomic E-state index is 0.00319. The summed E-state index contributed by atoms with van der Waals surface area (Å²) in [5, 5.41) is 9.85. The van der Waals surface area contributed by atoms with E-state index in [0.717, 1.165) is 28.6 Å². The van der Waals surface area contributed by atoms with Crippen LogP contribution < -0.4 is 5.32 Å². The Labute approximate surface area is 119 Å². The number of likely N-dealkylation sites (N-methyl/N-ethyl adjacent to an activating group) is 1. The molecule has 0 fully saturated rings. The Morgan fingerprint density at radius 2 is 2.21 bits per heavy atom. The molecule has 1 atom stereocenters. The summed E-state index contributed by atoms with van der Waals surface area (Å²) in [6.07, 6.45) is 0. The Morgan fingerprint density at radius 3 is 2.74 bits per heavy atom. The van der Waals surface area contributed by atoms with Crippen molar-refractivity contribution in [1.29, 1.82) is 0 Å². The number of nitrogens with zero attached hydrogens (tertiary/aromatic N) is 2. The van der Waals surface area contributed by atoms with Crippen LogP contribution in [0.25, 0.3) is 0 Å². The van der Waals surface area contributed by atoms with Gasteiger partial charge in [0.2, 0.25) is 5.91 Å². The number of carbonyl (C=O) groups excluding carboxylic acids is 1. The zero-order valence-electron chi connectivity index (χ0n) is 12.4. The molecule has 0 aliphatic carbocycles. The predicted octanol–water partition coefficient (Wildman–Crippen LogP) is 2.04. The fourth-order valence-electron chi connectivity index (χ4n) is 1.71. The number of nitrogens with one attached hydrogen (secondary N) is 2. The first-order valence-electron chi connectivity index (χ1n) is 6.55. The fraction of sp³-hybridized carbons (Fsp3) is 0.692. The number of rotatable bonds is 7. The lowest BCUT2D eigenvalue weighted by Gasteiger charge is -2.23. The molecule has 108 valence electrons. The molecule has 1 aromatic rings. The number of aryl methyl sites for hydroxylation is 2. The monoisotopic (exact) mass is 284 g/mol. The minimum atomic E-state index is 0.00319. The highest BCUT2D eigenvalue weighted by atomic mass is 32.2. The minimum Gasteiger partial charge on any atom is -0.322 e. The Morgan fingerprint density at radius 1 is 1.53 bits per heavy atom. The molecule has 1 heterocycles. The second kappa shape index (κ2) is 7.55. The van der Waals surface area contributed by atoms with Gasteiger partial charge in [-0.3, -0.25) is 14.8 Å². The largest absolute Gasteiger partial charge is 0.322 e. The van der Waals surface area contributed by atoms with Gasteiger partial charge in [-0.1, -0.05) is 6.92 Å². The molecule has 0 saturated heterocycles. The van der Waals surface area contributed by atoms with E-state index in [0.29, 0.717) is 12.6 Å². The maximum atomic E-state index is 12.0. The van der Waals surface area contributed by atoms with Crippen molar-refractivity contribution in [2.45, 2.75) is 33.7 Å². The van der Waals surface area contributed by atoms with Crippen LogP contribution >= 0.6 is 11.8 Å². The molecule has 19 heavy (non-hydrogen) atoms. The van der Waals surface area contributed by atoms with Crippen molar-refractivity contribution in [2.24, 2.45) is 0 Å². The Hall–Kier alpha value is -1.01. The molecule has 0 saturated carbocycles. The number of thioether (sulfide) groups is 1. The molecule has 1 amide bonds. The summed E-state index contributed by atoms with van der Waals surface area (Å²) >= 11 is 1.89. The van der Waals surface area contributed by atoms with Crippen LogP contribution in [0.2, 0.25) is 0 Å². The quantitative estimate of drug-likeness (QED) is 0.804. The smallest absolute Gasteiger partial charge is 0.238 e. The van der Waals surface area contributed by atoms with Crippen LogP contribution in [0.5, 0.6) is 0 Å². The molecular formula is C13H24N4OS. The van der Waals surface area contributed by atoms with Gasteiger partial charge in [-0.2, -0.15) is 16.9 Å². The van der Waals surface area contributed by atoms with E-state index in [2.05, 4.69) is 34.3 Å². The summed E-state index contributed by atoms with van der Waals surface area (Å²) in [6.45, 7) is 8.47. The topological polar surface area (TPSA) is 61.0 Å². The van der Waals surface area contributed by atoms with E-state index in [1.165, 1.54) is 0 Å². The van der Waals surface area contributed by atoms with Gasteiger partial charge in [0.15, 0.2) is 0 Å². The summed E-state index contributed by atoms with van der Waals surface area (Å²) in [4.78, 5) is 14.1. The van der Waals surface area contributed by atoms with Crippen molar-refractivity contribution in [3.8, 4) is 0 Å². The predicted molar refractivity (Wildman–Crippen MR) is 81.8 cm³/mol. The molecule has 1 aromatic heterocycles. The second-order valence-corrected chi connectivity index (χ2v) is 6.10. The lowest BCUT2D eigenvalue weighted by atomic mass is 10.3. The molecule has 0 radical (unpaired) electrons. The average molecular weight is 284 g/mol. The van der Waals surface area contributed by atoms with Crippen LogP contribution in [0.15, 0.2) is 0 Å². The van der Waals surface area contributed by atoms with E-state index in [4.69, 9.17) is 0 Å².